The molecule has 2 N–H and O–H groups in total. The smallest absolute Gasteiger partial charge is 0.756 e. The molecule has 1 amide bonds. The molecule has 2 aromatic rings. The summed E-state index contributed by atoms with van der Waals surface area (Å²) in [6.07, 6.45) is -1.61. The van der Waals surface area contributed by atoms with E-state index in [2.05, 4.69) is 20.3 Å². The standard InChI is InChI=1S/C18H24N5O9P.Na/c1-3-5-10(24)20-18-21-15-12(16(26)22-18)19-8-23(15)17-14(31-11(25)6-4-2)13-9(30-17)7-29-33(27,28)32-13;/h8-9,13-14,17H,3-7H2,1-2H3,(H,27,28)(H2,20,21,22,24,26);/q;+1/p-1/t9?,13?,14-,17+;/m0./s1. The Hall–Kier alpha value is -1.64. The quantitative estimate of drug-likeness (QED) is 0.227. The molecule has 16 heteroatoms. The minimum atomic E-state index is -4.61. The number of esters is 1. The fourth-order valence-electron chi connectivity index (χ4n) is 3.67. The predicted molar refractivity (Wildman–Crippen MR) is 109 cm³/mol. The van der Waals surface area contributed by atoms with Gasteiger partial charge in [0.25, 0.3) is 13.4 Å². The van der Waals surface area contributed by atoms with Crippen LogP contribution in [-0.4, -0.2) is 56.3 Å². The van der Waals surface area contributed by atoms with Crippen molar-refractivity contribution in [1.82, 2.24) is 19.5 Å². The number of phosphoric acid groups is 1. The van der Waals surface area contributed by atoms with Crippen LogP contribution in [0.1, 0.15) is 45.8 Å². The third-order valence-electron chi connectivity index (χ3n) is 5.10. The first-order valence-electron chi connectivity index (χ1n) is 10.5. The van der Waals surface area contributed by atoms with Crippen molar-refractivity contribution in [3.05, 3.63) is 16.7 Å². The second-order valence-corrected chi connectivity index (χ2v) is 8.98. The molecule has 0 radical (unpaired) electrons. The van der Waals surface area contributed by atoms with E-state index < -0.39 is 43.9 Å². The van der Waals surface area contributed by atoms with Crippen molar-refractivity contribution in [3.8, 4) is 0 Å². The number of aromatic nitrogens is 4. The zero-order chi connectivity index (χ0) is 23.8. The fraction of sp³-hybridized carbons (Fsp3) is 0.611. The number of rotatable bonds is 7. The molecule has 180 valence electrons. The van der Waals surface area contributed by atoms with Crippen LogP contribution in [-0.2, 0) is 32.7 Å². The Morgan fingerprint density at radius 3 is 2.79 bits per heavy atom. The number of amides is 1. The van der Waals surface area contributed by atoms with Crippen molar-refractivity contribution in [3.63, 3.8) is 0 Å². The van der Waals surface area contributed by atoms with Crippen molar-refractivity contribution in [2.45, 2.75) is 64.1 Å². The van der Waals surface area contributed by atoms with Crippen LogP contribution < -0.4 is 45.3 Å². The molecule has 0 saturated carbocycles. The summed E-state index contributed by atoms with van der Waals surface area (Å²) in [6.45, 7) is 3.29. The average molecular weight is 507 g/mol. The third-order valence-corrected chi connectivity index (χ3v) is 6.06. The number of ether oxygens (including phenoxy) is 2. The van der Waals surface area contributed by atoms with E-state index in [0.717, 1.165) is 0 Å². The van der Waals surface area contributed by atoms with E-state index >= 15 is 0 Å². The Morgan fingerprint density at radius 1 is 1.35 bits per heavy atom. The molecule has 2 aliphatic heterocycles. The molecule has 4 rings (SSSR count). The van der Waals surface area contributed by atoms with E-state index in [-0.39, 0.29) is 72.0 Å². The van der Waals surface area contributed by atoms with Gasteiger partial charge in [0.2, 0.25) is 11.9 Å². The first-order chi connectivity index (χ1) is 15.7. The summed E-state index contributed by atoms with van der Waals surface area (Å²) in [5, 5.41) is 2.51. The maximum absolute atomic E-state index is 12.5. The maximum atomic E-state index is 12.5. The summed E-state index contributed by atoms with van der Waals surface area (Å²) < 4.78 is 34.4. The second-order valence-electron chi connectivity index (χ2n) is 7.62. The monoisotopic (exact) mass is 507 g/mol. The van der Waals surface area contributed by atoms with Crippen molar-refractivity contribution >= 4 is 36.8 Å². The van der Waals surface area contributed by atoms with Crippen LogP contribution in [0.5, 0.6) is 0 Å². The van der Waals surface area contributed by atoms with Gasteiger partial charge in [0.05, 0.1) is 12.9 Å². The van der Waals surface area contributed by atoms with Crippen molar-refractivity contribution < 1.29 is 67.1 Å². The summed E-state index contributed by atoms with van der Waals surface area (Å²) in [5.74, 6) is -1.00. The molecular formula is C18H23N5NaO9P. The Bertz CT molecular complexity index is 1170. The number of nitrogens with zero attached hydrogens (tertiary/aromatic N) is 3. The van der Waals surface area contributed by atoms with Gasteiger partial charge in [0, 0.05) is 12.8 Å². The Kier molecular flexibility index (Phi) is 8.69. The summed E-state index contributed by atoms with van der Waals surface area (Å²) in [7, 11) is -4.61. The molecule has 0 bridgehead atoms. The van der Waals surface area contributed by atoms with Gasteiger partial charge in [-0.05, 0) is 12.8 Å². The number of H-pyrrole nitrogens is 1. The van der Waals surface area contributed by atoms with Gasteiger partial charge in [0.1, 0.15) is 12.2 Å². The Morgan fingerprint density at radius 2 is 2.09 bits per heavy atom. The SMILES string of the molecule is CCCC(=O)Nc1nc2c(ncn2[C@@H]2OC3COP(=O)([O-])OC3[C@@H]2OC(=O)CCC)c(=O)[nH]1.[Na+]. The van der Waals surface area contributed by atoms with Gasteiger partial charge in [-0.3, -0.25) is 33.8 Å². The van der Waals surface area contributed by atoms with Crippen LogP contribution in [0.15, 0.2) is 11.1 Å². The number of nitrogens with one attached hydrogen (secondary N) is 2. The molecule has 2 fully saturated rings. The summed E-state index contributed by atoms with van der Waals surface area (Å²) in [5.41, 5.74) is -0.617. The number of imidazole rings is 1. The van der Waals surface area contributed by atoms with Crippen LogP contribution in [0.3, 0.4) is 0 Å². The molecule has 4 heterocycles. The van der Waals surface area contributed by atoms with E-state index in [4.69, 9.17) is 18.5 Å². The van der Waals surface area contributed by atoms with Crippen LogP contribution in [0, 0.1) is 0 Å². The van der Waals surface area contributed by atoms with Gasteiger partial charge in [-0.2, -0.15) is 4.98 Å². The van der Waals surface area contributed by atoms with Gasteiger partial charge in [-0.25, -0.2) is 4.98 Å². The minimum Gasteiger partial charge on any atom is -0.756 e. The number of fused-ring (bicyclic) bond motifs is 2. The predicted octanol–water partition coefficient (Wildman–Crippen LogP) is -2.64. The molecule has 3 unspecified atom stereocenters. The van der Waals surface area contributed by atoms with Crippen molar-refractivity contribution in [2.75, 3.05) is 11.9 Å². The molecule has 5 atom stereocenters. The summed E-state index contributed by atoms with van der Waals surface area (Å²) in [6, 6.07) is 0. The van der Waals surface area contributed by atoms with E-state index in [1.54, 1.807) is 6.92 Å². The molecule has 34 heavy (non-hydrogen) atoms. The minimum absolute atomic E-state index is 0. The number of carbonyl (C=O) groups is 2. The zero-order valence-electron chi connectivity index (χ0n) is 18.9. The van der Waals surface area contributed by atoms with Crippen LogP contribution in [0.4, 0.5) is 5.95 Å². The largest absolute Gasteiger partial charge is 1.00 e. The number of anilines is 1. The van der Waals surface area contributed by atoms with Crippen molar-refractivity contribution in [2.24, 2.45) is 0 Å². The fourth-order valence-corrected chi connectivity index (χ4v) is 4.62. The first kappa shape index (κ1) is 27.0. The van der Waals surface area contributed by atoms with Gasteiger partial charge < -0.3 is 23.4 Å². The van der Waals surface area contributed by atoms with E-state index in [9.17, 15) is 23.8 Å². The number of aromatic amines is 1. The molecule has 0 aromatic carbocycles. The molecule has 2 aromatic heterocycles. The summed E-state index contributed by atoms with van der Waals surface area (Å²) >= 11 is 0. The molecule has 2 saturated heterocycles. The molecule has 14 nitrogen and oxygen atoms in total. The summed E-state index contributed by atoms with van der Waals surface area (Å²) in [4.78, 5) is 59.3. The van der Waals surface area contributed by atoms with E-state index in [1.165, 1.54) is 10.9 Å². The zero-order valence-corrected chi connectivity index (χ0v) is 21.8. The topological polar surface area (TPSA) is 187 Å². The van der Waals surface area contributed by atoms with Crippen LogP contribution in [0.2, 0.25) is 0 Å². The normalized spacial score (nSPS) is 28.2. The number of hydrogen-bond acceptors (Lipinski definition) is 11. The number of phosphoric ester groups is 1. The maximum Gasteiger partial charge on any atom is 1.00 e. The second kappa shape index (κ2) is 11.0. The molecule has 0 spiro atoms. The Labute approximate surface area is 215 Å². The third kappa shape index (κ3) is 5.60. The van der Waals surface area contributed by atoms with E-state index in [1.807, 2.05) is 6.92 Å². The first-order valence-corrected chi connectivity index (χ1v) is 11.9. The van der Waals surface area contributed by atoms with Crippen LogP contribution in [0.25, 0.3) is 11.2 Å². The van der Waals surface area contributed by atoms with Crippen molar-refractivity contribution in [1.29, 1.82) is 0 Å². The molecular weight excluding hydrogens is 484 g/mol. The number of hydrogen-bond donors (Lipinski definition) is 2. The van der Waals surface area contributed by atoms with Gasteiger partial charge in [-0.1, -0.05) is 13.8 Å². The number of carbonyl (C=O) groups excluding carboxylic acids is 2. The average Bonchev–Trinajstić information content (AvgIpc) is 3.29. The molecule has 0 aliphatic carbocycles. The van der Waals surface area contributed by atoms with Gasteiger partial charge in [0.15, 0.2) is 23.5 Å². The van der Waals surface area contributed by atoms with E-state index in [0.29, 0.717) is 12.8 Å². The van der Waals surface area contributed by atoms with Crippen LogP contribution >= 0.6 is 7.82 Å². The Balaban J connectivity index is 0.00000324. The van der Waals surface area contributed by atoms with Gasteiger partial charge in [-0.15, -0.1) is 0 Å². The molecule has 2 aliphatic rings. The van der Waals surface area contributed by atoms with Gasteiger partial charge >= 0.3 is 35.5 Å².